The molecule has 5 heteroatoms. The zero-order chi connectivity index (χ0) is 14.7. The summed E-state index contributed by atoms with van der Waals surface area (Å²) in [7, 11) is 0. The first kappa shape index (κ1) is 14.0. The summed E-state index contributed by atoms with van der Waals surface area (Å²) < 4.78 is 13.2. The van der Waals surface area contributed by atoms with Gasteiger partial charge in [0.05, 0.1) is 4.92 Å². The molecule has 20 heavy (non-hydrogen) atoms. The van der Waals surface area contributed by atoms with E-state index in [0.29, 0.717) is 6.54 Å². The molecule has 0 aliphatic carbocycles. The van der Waals surface area contributed by atoms with E-state index in [1.54, 1.807) is 0 Å². The SMILES string of the molecule is Cc1ccc(CNc2cc(F)ccc2[N+](=O)[O-])c(C)c1. The van der Waals surface area contributed by atoms with Gasteiger partial charge in [-0.05, 0) is 31.0 Å². The van der Waals surface area contributed by atoms with E-state index in [9.17, 15) is 14.5 Å². The highest BCUT2D eigenvalue weighted by Crippen LogP contribution is 2.25. The molecule has 0 aliphatic heterocycles. The minimum Gasteiger partial charge on any atom is -0.375 e. The molecule has 104 valence electrons. The fourth-order valence-electron chi connectivity index (χ4n) is 2.04. The molecular weight excluding hydrogens is 259 g/mol. The number of benzene rings is 2. The van der Waals surface area contributed by atoms with Crippen molar-refractivity contribution in [3.63, 3.8) is 0 Å². The van der Waals surface area contributed by atoms with E-state index in [2.05, 4.69) is 5.32 Å². The van der Waals surface area contributed by atoms with Crippen LogP contribution in [0.15, 0.2) is 36.4 Å². The van der Waals surface area contributed by atoms with Gasteiger partial charge in [0.25, 0.3) is 5.69 Å². The Bertz CT molecular complexity index is 656. The third-order valence-electron chi connectivity index (χ3n) is 3.12. The number of anilines is 1. The minimum atomic E-state index is -0.524. The first-order chi connectivity index (χ1) is 9.47. The maximum Gasteiger partial charge on any atom is 0.292 e. The molecule has 0 unspecified atom stereocenters. The Morgan fingerprint density at radius 2 is 1.95 bits per heavy atom. The zero-order valence-corrected chi connectivity index (χ0v) is 11.3. The van der Waals surface area contributed by atoms with Gasteiger partial charge in [0.15, 0.2) is 0 Å². The molecule has 2 aromatic carbocycles. The minimum absolute atomic E-state index is 0.129. The average Bonchev–Trinajstić information content (AvgIpc) is 2.37. The Kier molecular flexibility index (Phi) is 3.98. The lowest BCUT2D eigenvalue weighted by molar-refractivity contribution is -0.384. The second-order valence-electron chi connectivity index (χ2n) is 4.70. The summed E-state index contributed by atoms with van der Waals surface area (Å²) in [6.45, 7) is 4.39. The van der Waals surface area contributed by atoms with E-state index >= 15 is 0 Å². The Hall–Kier alpha value is -2.43. The molecule has 4 nitrogen and oxygen atoms in total. The van der Waals surface area contributed by atoms with Gasteiger partial charge in [-0.15, -0.1) is 0 Å². The van der Waals surface area contributed by atoms with Crippen molar-refractivity contribution in [3.8, 4) is 0 Å². The molecule has 0 aliphatic rings. The second kappa shape index (κ2) is 5.69. The fraction of sp³-hybridized carbons (Fsp3) is 0.200. The number of nitro groups is 1. The summed E-state index contributed by atoms with van der Waals surface area (Å²) in [5.41, 5.74) is 3.33. The van der Waals surface area contributed by atoms with Crippen LogP contribution in [0.5, 0.6) is 0 Å². The summed E-state index contributed by atoms with van der Waals surface area (Å²) >= 11 is 0. The van der Waals surface area contributed by atoms with Gasteiger partial charge in [-0.1, -0.05) is 23.8 Å². The molecule has 0 bridgehead atoms. The van der Waals surface area contributed by atoms with Crippen molar-refractivity contribution in [1.82, 2.24) is 0 Å². The predicted molar refractivity (Wildman–Crippen MR) is 76.3 cm³/mol. The molecular formula is C15H15FN2O2. The molecule has 0 saturated heterocycles. The molecule has 0 heterocycles. The monoisotopic (exact) mass is 274 g/mol. The lowest BCUT2D eigenvalue weighted by atomic mass is 10.1. The maximum atomic E-state index is 13.2. The molecule has 0 aromatic heterocycles. The molecule has 2 rings (SSSR count). The van der Waals surface area contributed by atoms with Gasteiger partial charge in [0, 0.05) is 18.7 Å². The lowest BCUT2D eigenvalue weighted by Gasteiger charge is -2.10. The third-order valence-corrected chi connectivity index (χ3v) is 3.12. The van der Waals surface area contributed by atoms with Crippen molar-refractivity contribution >= 4 is 11.4 Å². The average molecular weight is 274 g/mol. The maximum absolute atomic E-state index is 13.2. The summed E-state index contributed by atoms with van der Waals surface area (Å²) in [5, 5.41) is 13.8. The van der Waals surface area contributed by atoms with E-state index in [1.807, 2.05) is 32.0 Å². The number of hydrogen-bond donors (Lipinski definition) is 1. The van der Waals surface area contributed by atoms with Crippen molar-refractivity contribution in [2.45, 2.75) is 20.4 Å². The number of halogens is 1. The van der Waals surface area contributed by atoms with Crippen LogP contribution in [0.25, 0.3) is 0 Å². The molecule has 0 atom stereocenters. The zero-order valence-electron chi connectivity index (χ0n) is 11.3. The van der Waals surface area contributed by atoms with Crippen LogP contribution in [0.4, 0.5) is 15.8 Å². The Morgan fingerprint density at radius 3 is 2.60 bits per heavy atom. The topological polar surface area (TPSA) is 55.2 Å². The van der Waals surface area contributed by atoms with Crippen LogP contribution < -0.4 is 5.32 Å². The van der Waals surface area contributed by atoms with Crippen LogP contribution in [0.3, 0.4) is 0 Å². The number of nitro benzene ring substituents is 1. The van der Waals surface area contributed by atoms with Crippen molar-refractivity contribution in [1.29, 1.82) is 0 Å². The summed E-state index contributed by atoms with van der Waals surface area (Å²) in [4.78, 5) is 10.4. The highest BCUT2D eigenvalue weighted by molar-refractivity contribution is 5.61. The van der Waals surface area contributed by atoms with Gasteiger partial charge in [-0.25, -0.2) is 4.39 Å². The number of nitrogens with one attached hydrogen (secondary N) is 1. The summed E-state index contributed by atoms with van der Waals surface area (Å²) in [6.07, 6.45) is 0. The Labute approximate surface area is 116 Å². The highest BCUT2D eigenvalue weighted by atomic mass is 19.1. The molecule has 0 amide bonds. The normalized spacial score (nSPS) is 10.3. The van der Waals surface area contributed by atoms with Crippen molar-refractivity contribution in [2.75, 3.05) is 5.32 Å². The van der Waals surface area contributed by atoms with Crippen LogP contribution in [-0.2, 0) is 6.54 Å². The van der Waals surface area contributed by atoms with Crippen LogP contribution in [0.1, 0.15) is 16.7 Å². The smallest absolute Gasteiger partial charge is 0.292 e. The number of aryl methyl sites for hydroxylation is 2. The Morgan fingerprint density at radius 1 is 1.20 bits per heavy atom. The summed E-state index contributed by atoms with van der Waals surface area (Å²) in [6, 6.07) is 9.37. The van der Waals surface area contributed by atoms with E-state index in [-0.39, 0.29) is 11.4 Å². The van der Waals surface area contributed by atoms with Gasteiger partial charge in [-0.3, -0.25) is 10.1 Å². The molecule has 2 aromatic rings. The molecule has 1 N–H and O–H groups in total. The quantitative estimate of drug-likeness (QED) is 0.678. The number of hydrogen-bond acceptors (Lipinski definition) is 3. The Balaban J connectivity index is 2.22. The van der Waals surface area contributed by atoms with Crippen molar-refractivity contribution < 1.29 is 9.31 Å². The number of nitrogens with zero attached hydrogens (tertiary/aromatic N) is 1. The van der Waals surface area contributed by atoms with Gasteiger partial charge in [0.1, 0.15) is 11.5 Å². The van der Waals surface area contributed by atoms with Crippen LogP contribution >= 0.6 is 0 Å². The standard InChI is InChI=1S/C15H15FN2O2/c1-10-3-4-12(11(2)7-10)9-17-14-8-13(16)5-6-15(14)18(19)20/h3-8,17H,9H2,1-2H3. The largest absolute Gasteiger partial charge is 0.375 e. The number of rotatable bonds is 4. The van der Waals surface area contributed by atoms with Crippen molar-refractivity contribution in [3.05, 3.63) is 69.0 Å². The van der Waals surface area contributed by atoms with Gasteiger partial charge >= 0.3 is 0 Å². The predicted octanol–water partition coefficient (Wildman–Crippen LogP) is 3.96. The van der Waals surface area contributed by atoms with E-state index in [0.717, 1.165) is 28.8 Å². The van der Waals surface area contributed by atoms with Gasteiger partial charge in [-0.2, -0.15) is 0 Å². The van der Waals surface area contributed by atoms with Crippen LogP contribution in [0, 0.1) is 29.8 Å². The third kappa shape index (κ3) is 3.12. The first-order valence-electron chi connectivity index (χ1n) is 6.21. The first-order valence-corrected chi connectivity index (χ1v) is 6.21. The second-order valence-corrected chi connectivity index (χ2v) is 4.70. The molecule has 0 radical (unpaired) electrons. The van der Waals surface area contributed by atoms with E-state index in [1.165, 1.54) is 6.07 Å². The fourth-order valence-corrected chi connectivity index (χ4v) is 2.04. The van der Waals surface area contributed by atoms with Crippen LogP contribution in [-0.4, -0.2) is 4.92 Å². The van der Waals surface area contributed by atoms with E-state index < -0.39 is 10.7 Å². The summed E-state index contributed by atoms with van der Waals surface area (Å²) in [5.74, 6) is -0.501. The molecule has 0 saturated carbocycles. The van der Waals surface area contributed by atoms with Gasteiger partial charge in [0.2, 0.25) is 0 Å². The lowest BCUT2D eigenvalue weighted by Crippen LogP contribution is -2.04. The highest BCUT2D eigenvalue weighted by Gasteiger charge is 2.14. The molecule has 0 fully saturated rings. The van der Waals surface area contributed by atoms with E-state index in [4.69, 9.17) is 0 Å². The van der Waals surface area contributed by atoms with Crippen LogP contribution in [0.2, 0.25) is 0 Å². The molecule has 0 spiro atoms. The van der Waals surface area contributed by atoms with Crippen molar-refractivity contribution in [2.24, 2.45) is 0 Å². The van der Waals surface area contributed by atoms with Gasteiger partial charge < -0.3 is 5.32 Å².